The van der Waals surface area contributed by atoms with Gasteiger partial charge in [0.15, 0.2) is 0 Å². The number of nitrogens with zero attached hydrogens (tertiary/aromatic N) is 2. The average molecular weight is 543 g/mol. The van der Waals surface area contributed by atoms with Crippen molar-refractivity contribution in [1.82, 2.24) is 9.88 Å². The number of aryl methyl sites for hydroxylation is 1. The summed E-state index contributed by atoms with van der Waals surface area (Å²) in [5.74, 6) is -2.20. The van der Waals surface area contributed by atoms with Crippen LogP contribution >= 0.6 is 0 Å². The maximum atomic E-state index is 13.5. The Balaban J connectivity index is 1.76. The van der Waals surface area contributed by atoms with Gasteiger partial charge in [-0.15, -0.1) is 13.2 Å². The lowest BCUT2D eigenvalue weighted by Gasteiger charge is -2.36. The molecular formula is C29H29F3N2O5. The predicted molar refractivity (Wildman–Crippen MR) is 139 cm³/mol. The van der Waals surface area contributed by atoms with Gasteiger partial charge in [-0.3, -0.25) is 4.79 Å². The molecule has 2 aromatic carbocycles. The summed E-state index contributed by atoms with van der Waals surface area (Å²) in [5, 5.41) is 9.61. The Labute approximate surface area is 224 Å². The van der Waals surface area contributed by atoms with Gasteiger partial charge < -0.3 is 19.2 Å². The van der Waals surface area contributed by atoms with Crippen LogP contribution in [0.15, 0.2) is 84.3 Å². The molecule has 0 aliphatic carbocycles. The number of carbonyl (C=O) groups is 2. The highest BCUT2D eigenvalue weighted by Crippen LogP contribution is 2.34. The summed E-state index contributed by atoms with van der Waals surface area (Å²) < 4.78 is 52.0. The Bertz CT molecular complexity index is 1290. The molecule has 0 aliphatic rings. The van der Waals surface area contributed by atoms with Crippen LogP contribution in [0.3, 0.4) is 0 Å². The topological polar surface area (TPSA) is 92.9 Å². The number of ether oxygens (including phenoxy) is 1. The highest BCUT2D eigenvalue weighted by atomic mass is 19.4. The number of halogens is 3. The Morgan fingerprint density at radius 2 is 1.72 bits per heavy atom. The summed E-state index contributed by atoms with van der Waals surface area (Å²) >= 11 is 0. The van der Waals surface area contributed by atoms with Gasteiger partial charge in [0, 0.05) is 12.0 Å². The van der Waals surface area contributed by atoms with Crippen molar-refractivity contribution in [2.45, 2.75) is 44.4 Å². The van der Waals surface area contributed by atoms with E-state index in [0.29, 0.717) is 34.3 Å². The molecule has 0 aliphatic heterocycles. The molecular weight excluding hydrogens is 513 g/mol. The standard InChI is InChI=1S/C29H29F3N2O5/c1-4-9-24(34(28(37)29(30,31)32)25(10-5-2)27(35)36)20-13-15-22(16-14-20)38-18-17-23-19(3)39-26(33-23)21-11-7-6-8-12-21/h4-8,11-16,24-25H,1-2,9-10,17-18H2,3H3,(H,35,36)/t24-,25-/m0/s1. The van der Waals surface area contributed by atoms with Crippen molar-refractivity contribution in [2.75, 3.05) is 6.61 Å². The predicted octanol–water partition coefficient (Wildman–Crippen LogP) is 6.31. The fourth-order valence-electron chi connectivity index (χ4n) is 4.12. The van der Waals surface area contributed by atoms with E-state index in [9.17, 15) is 27.9 Å². The minimum Gasteiger partial charge on any atom is -0.493 e. The van der Waals surface area contributed by atoms with Crippen molar-refractivity contribution < 1.29 is 37.0 Å². The van der Waals surface area contributed by atoms with Crippen LogP contribution in [0.5, 0.6) is 5.75 Å². The van der Waals surface area contributed by atoms with E-state index in [-0.39, 0.29) is 19.4 Å². The van der Waals surface area contributed by atoms with Crippen LogP contribution in [-0.4, -0.2) is 45.7 Å². The van der Waals surface area contributed by atoms with E-state index in [0.717, 1.165) is 17.3 Å². The van der Waals surface area contributed by atoms with E-state index in [1.807, 2.05) is 37.3 Å². The number of rotatable bonds is 13. The number of benzene rings is 2. The number of alkyl halides is 3. The molecule has 1 aromatic heterocycles. The van der Waals surface area contributed by atoms with Gasteiger partial charge in [-0.05, 0) is 49.6 Å². The number of aliphatic carboxylic acids is 1. The summed E-state index contributed by atoms with van der Waals surface area (Å²) in [6, 6.07) is 12.6. The van der Waals surface area contributed by atoms with Crippen molar-refractivity contribution >= 4 is 11.9 Å². The molecule has 3 aromatic rings. The molecule has 1 N–H and O–H groups in total. The Morgan fingerprint density at radius 1 is 1.08 bits per heavy atom. The Kier molecular flexibility index (Phi) is 9.70. The van der Waals surface area contributed by atoms with Crippen molar-refractivity contribution in [2.24, 2.45) is 0 Å². The monoisotopic (exact) mass is 542 g/mol. The molecule has 39 heavy (non-hydrogen) atoms. The lowest BCUT2D eigenvalue weighted by atomic mass is 9.98. The van der Waals surface area contributed by atoms with Crippen LogP contribution in [0.2, 0.25) is 0 Å². The molecule has 0 saturated carbocycles. The first-order valence-electron chi connectivity index (χ1n) is 12.1. The van der Waals surface area contributed by atoms with E-state index in [1.54, 1.807) is 12.1 Å². The van der Waals surface area contributed by atoms with E-state index in [4.69, 9.17) is 9.15 Å². The third-order valence-electron chi connectivity index (χ3n) is 6.00. The van der Waals surface area contributed by atoms with Gasteiger partial charge in [-0.25, -0.2) is 9.78 Å². The SMILES string of the molecule is C=CC[C@@H](C(=O)O)N(C(=O)C(F)(F)F)[C@@H](CC=C)c1ccc(OCCc2nc(-c3ccccc3)oc2C)cc1. The molecule has 7 nitrogen and oxygen atoms in total. The zero-order valence-corrected chi connectivity index (χ0v) is 21.4. The van der Waals surface area contributed by atoms with Crippen LogP contribution in [0.25, 0.3) is 11.5 Å². The van der Waals surface area contributed by atoms with Gasteiger partial charge in [0.2, 0.25) is 5.89 Å². The molecule has 10 heteroatoms. The van der Waals surface area contributed by atoms with Gasteiger partial charge in [0.25, 0.3) is 0 Å². The zero-order chi connectivity index (χ0) is 28.6. The van der Waals surface area contributed by atoms with Crippen molar-refractivity contribution in [3.8, 4) is 17.2 Å². The maximum absolute atomic E-state index is 13.5. The zero-order valence-electron chi connectivity index (χ0n) is 21.4. The second-order valence-electron chi connectivity index (χ2n) is 8.68. The van der Waals surface area contributed by atoms with Crippen molar-refractivity contribution in [3.63, 3.8) is 0 Å². The number of hydrogen-bond acceptors (Lipinski definition) is 5. The Hall–Kier alpha value is -4.34. The van der Waals surface area contributed by atoms with Crippen LogP contribution < -0.4 is 4.74 Å². The molecule has 0 radical (unpaired) electrons. The number of oxazole rings is 1. The van der Waals surface area contributed by atoms with Crippen LogP contribution in [0, 0.1) is 6.92 Å². The molecule has 0 spiro atoms. The van der Waals surface area contributed by atoms with Crippen LogP contribution in [-0.2, 0) is 16.0 Å². The quantitative estimate of drug-likeness (QED) is 0.255. The van der Waals surface area contributed by atoms with E-state index >= 15 is 0 Å². The smallest absolute Gasteiger partial charge is 0.471 e. The lowest BCUT2D eigenvalue weighted by Crippen LogP contribution is -2.51. The lowest BCUT2D eigenvalue weighted by molar-refractivity contribution is -0.192. The minimum absolute atomic E-state index is 0.0991. The van der Waals surface area contributed by atoms with Crippen LogP contribution in [0.1, 0.15) is 35.9 Å². The minimum atomic E-state index is -5.27. The summed E-state index contributed by atoms with van der Waals surface area (Å²) in [6.45, 7) is 9.06. The third kappa shape index (κ3) is 7.37. The van der Waals surface area contributed by atoms with Gasteiger partial charge in [0.05, 0.1) is 18.3 Å². The molecule has 0 unspecified atom stereocenters. The maximum Gasteiger partial charge on any atom is 0.471 e. The largest absolute Gasteiger partial charge is 0.493 e. The van der Waals surface area contributed by atoms with Gasteiger partial charge in [0.1, 0.15) is 17.6 Å². The molecule has 3 rings (SSSR count). The molecule has 2 atom stereocenters. The Morgan fingerprint density at radius 3 is 2.28 bits per heavy atom. The van der Waals surface area contributed by atoms with Crippen molar-refractivity contribution in [1.29, 1.82) is 0 Å². The fraction of sp³-hybridized carbons (Fsp3) is 0.276. The summed E-state index contributed by atoms with van der Waals surface area (Å²) in [5.41, 5.74) is 1.89. The summed E-state index contributed by atoms with van der Waals surface area (Å²) in [4.78, 5) is 29.1. The number of hydrogen-bond donors (Lipinski definition) is 1. The van der Waals surface area contributed by atoms with Crippen molar-refractivity contribution in [3.05, 3.63) is 96.9 Å². The van der Waals surface area contributed by atoms with Gasteiger partial charge >= 0.3 is 18.1 Å². The second-order valence-corrected chi connectivity index (χ2v) is 8.68. The molecule has 1 amide bonds. The highest BCUT2D eigenvalue weighted by Gasteiger charge is 2.48. The summed E-state index contributed by atoms with van der Waals surface area (Å²) in [7, 11) is 0. The molecule has 0 fully saturated rings. The molecule has 1 heterocycles. The number of aromatic nitrogens is 1. The molecule has 0 saturated heterocycles. The third-order valence-corrected chi connectivity index (χ3v) is 6.00. The number of carboxylic acids is 1. The van der Waals surface area contributed by atoms with E-state index < -0.39 is 30.1 Å². The van der Waals surface area contributed by atoms with Gasteiger partial charge in [-0.1, -0.05) is 42.5 Å². The molecule has 0 bridgehead atoms. The first-order valence-corrected chi connectivity index (χ1v) is 12.1. The number of carboxylic acid groups (broad SMARTS) is 1. The molecule has 206 valence electrons. The number of amides is 1. The van der Waals surface area contributed by atoms with Gasteiger partial charge in [-0.2, -0.15) is 13.2 Å². The van der Waals surface area contributed by atoms with E-state index in [1.165, 1.54) is 18.2 Å². The highest BCUT2D eigenvalue weighted by molar-refractivity contribution is 5.87. The summed E-state index contributed by atoms with van der Waals surface area (Å²) in [6.07, 6.45) is -2.77. The second kappa shape index (κ2) is 12.9. The van der Waals surface area contributed by atoms with Crippen LogP contribution in [0.4, 0.5) is 13.2 Å². The first kappa shape index (κ1) is 29.2. The average Bonchev–Trinajstić information content (AvgIpc) is 3.28. The first-order chi connectivity index (χ1) is 18.6. The van der Waals surface area contributed by atoms with E-state index in [2.05, 4.69) is 18.1 Å². The number of carbonyl (C=O) groups excluding carboxylic acids is 1. The normalized spacial score (nSPS) is 12.8. The fourth-order valence-corrected chi connectivity index (χ4v) is 4.12.